The number of sulfonamides is 1. The molecule has 0 bridgehead atoms. The molecule has 1 heterocycles. The lowest BCUT2D eigenvalue weighted by Crippen LogP contribution is -2.42. The third kappa shape index (κ3) is 4.98. The zero-order valence-electron chi connectivity index (χ0n) is 18.1. The first kappa shape index (κ1) is 23.5. The molecule has 1 atom stereocenters. The SMILES string of the molecule is Cc1ccc(Cl)cc1NC(=S)Nc1ccc(S(=O)(=O)N2c3ccc(F)cc3CC[C@@H]2C)cc1. The Kier molecular flexibility index (Phi) is 6.61. The summed E-state index contributed by atoms with van der Waals surface area (Å²) in [5, 5.41) is 7.10. The second-order valence-corrected chi connectivity index (χ2v) is 10.7. The average Bonchev–Trinajstić information content (AvgIpc) is 2.76. The van der Waals surface area contributed by atoms with Crippen LogP contribution in [0.3, 0.4) is 0 Å². The van der Waals surface area contributed by atoms with Gasteiger partial charge in [-0.25, -0.2) is 12.8 Å². The predicted octanol–water partition coefficient (Wildman–Crippen LogP) is 6.13. The zero-order chi connectivity index (χ0) is 23.8. The first-order chi connectivity index (χ1) is 15.6. The summed E-state index contributed by atoms with van der Waals surface area (Å²) in [4.78, 5) is 0.154. The molecule has 0 saturated heterocycles. The number of aryl methyl sites for hydroxylation is 2. The van der Waals surface area contributed by atoms with Crippen LogP contribution < -0.4 is 14.9 Å². The quantitative estimate of drug-likeness (QED) is 0.419. The maximum absolute atomic E-state index is 13.7. The maximum Gasteiger partial charge on any atom is 0.264 e. The van der Waals surface area contributed by atoms with Gasteiger partial charge in [0.05, 0.1) is 10.6 Å². The van der Waals surface area contributed by atoms with Crippen molar-refractivity contribution in [3.05, 3.63) is 82.6 Å². The van der Waals surface area contributed by atoms with Crippen LogP contribution in [-0.2, 0) is 16.4 Å². The fourth-order valence-corrected chi connectivity index (χ4v) is 6.02. The molecule has 1 aliphatic heterocycles. The highest BCUT2D eigenvalue weighted by Crippen LogP contribution is 2.36. The summed E-state index contributed by atoms with van der Waals surface area (Å²) in [6.45, 7) is 3.80. The highest BCUT2D eigenvalue weighted by molar-refractivity contribution is 7.92. The minimum atomic E-state index is -3.82. The number of fused-ring (bicyclic) bond motifs is 1. The van der Waals surface area contributed by atoms with E-state index in [-0.39, 0.29) is 16.8 Å². The average molecular weight is 504 g/mol. The van der Waals surface area contributed by atoms with Crippen LogP contribution in [0.1, 0.15) is 24.5 Å². The minimum absolute atomic E-state index is 0.154. The highest BCUT2D eigenvalue weighted by Gasteiger charge is 2.34. The van der Waals surface area contributed by atoms with Gasteiger partial charge < -0.3 is 10.6 Å². The Bertz CT molecular complexity index is 1310. The molecule has 3 aromatic carbocycles. The topological polar surface area (TPSA) is 61.4 Å². The van der Waals surface area contributed by atoms with Crippen molar-refractivity contribution < 1.29 is 12.8 Å². The number of anilines is 3. The maximum atomic E-state index is 13.7. The van der Waals surface area contributed by atoms with Gasteiger partial charge in [-0.3, -0.25) is 4.31 Å². The molecular formula is C24H23ClFN3O2S2. The molecule has 0 aromatic heterocycles. The molecule has 0 radical (unpaired) electrons. The van der Waals surface area contributed by atoms with Crippen molar-refractivity contribution >= 4 is 56.0 Å². The van der Waals surface area contributed by atoms with E-state index in [1.807, 2.05) is 19.9 Å². The molecule has 5 nitrogen and oxygen atoms in total. The summed E-state index contributed by atoms with van der Waals surface area (Å²) in [5.74, 6) is -0.367. The molecule has 0 saturated carbocycles. The molecule has 0 unspecified atom stereocenters. The van der Waals surface area contributed by atoms with E-state index in [0.717, 1.165) is 11.3 Å². The van der Waals surface area contributed by atoms with E-state index in [9.17, 15) is 12.8 Å². The van der Waals surface area contributed by atoms with E-state index in [2.05, 4.69) is 10.6 Å². The van der Waals surface area contributed by atoms with Gasteiger partial charge in [0.1, 0.15) is 5.82 Å². The van der Waals surface area contributed by atoms with Crippen molar-refractivity contribution in [2.75, 3.05) is 14.9 Å². The number of halogens is 2. The number of hydrogen-bond donors (Lipinski definition) is 2. The second-order valence-electron chi connectivity index (χ2n) is 8.02. The highest BCUT2D eigenvalue weighted by atomic mass is 35.5. The van der Waals surface area contributed by atoms with Gasteiger partial charge >= 0.3 is 0 Å². The number of nitrogens with zero attached hydrogens (tertiary/aromatic N) is 1. The monoisotopic (exact) mass is 503 g/mol. The molecule has 33 heavy (non-hydrogen) atoms. The lowest BCUT2D eigenvalue weighted by molar-refractivity contribution is 0.560. The van der Waals surface area contributed by atoms with Crippen molar-refractivity contribution in [1.82, 2.24) is 0 Å². The number of benzene rings is 3. The van der Waals surface area contributed by atoms with Crippen molar-refractivity contribution in [3.63, 3.8) is 0 Å². The van der Waals surface area contributed by atoms with Crippen molar-refractivity contribution in [3.8, 4) is 0 Å². The number of rotatable bonds is 4. The van der Waals surface area contributed by atoms with Gasteiger partial charge in [0, 0.05) is 22.4 Å². The van der Waals surface area contributed by atoms with Crippen LogP contribution >= 0.6 is 23.8 Å². The van der Waals surface area contributed by atoms with Crippen molar-refractivity contribution in [2.24, 2.45) is 0 Å². The van der Waals surface area contributed by atoms with E-state index in [1.165, 1.54) is 34.6 Å². The summed E-state index contributed by atoms with van der Waals surface area (Å²) in [6, 6.07) is 15.9. The van der Waals surface area contributed by atoms with Gasteiger partial charge in [0.2, 0.25) is 0 Å². The third-order valence-corrected chi connectivity index (χ3v) is 8.01. The van der Waals surface area contributed by atoms with Crippen molar-refractivity contribution in [1.29, 1.82) is 0 Å². The van der Waals surface area contributed by atoms with Gasteiger partial charge in [-0.05, 0) is 105 Å². The van der Waals surface area contributed by atoms with Crippen LogP contribution in [0.4, 0.5) is 21.5 Å². The number of thiocarbonyl (C=S) groups is 1. The first-order valence-electron chi connectivity index (χ1n) is 10.4. The Morgan fingerprint density at radius 3 is 2.55 bits per heavy atom. The lowest BCUT2D eigenvalue weighted by Gasteiger charge is -2.36. The largest absolute Gasteiger partial charge is 0.332 e. The first-order valence-corrected chi connectivity index (χ1v) is 12.6. The fourth-order valence-electron chi connectivity index (χ4n) is 3.89. The third-order valence-electron chi connectivity index (χ3n) is 5.63. The molecule has 172 valence electrons. The summed E-state index contributed by atoms with van der Waals surface area (Å²) in [7, 11) is -3.82. The molecule has 2 N–H and O–H groups in total. The molecule has 0 spiro atoms. The summed E-state index contributed by atoms with van der Waals surface area (Å²) in [5.41, 5.74) is 3.64. The van der Waals surface area contributed by atoms with Gasteiger partial charge in [0.25, 0.3) is 10.0 Å². The molecule has 0 amide bonds. The molecular weight excluding hydrogens is 481 g/mol. The van der Waals surface area contributed by atoms with Crippen LogP contribution in [0.2, 0.25) is 5.02 Å². The van der Waals surface area contributed by atoms with Crippen LogP contribution in [0.15, 0.2) is 65.6 Å². The Balaban J connectivity index is 1.53. The predicted molar refractivity (Wildman–Crippen MR) is 136 cm³/mol. The van der Waals surface area contributed by atoms with E-state index in [4.69, 9.17) is 23.8 Å². The molecule has 0 aliphatic carbocycles. The summed E-state index contributed by atoms with van der Waals surface area (Å²) in [6.07, 6.45) is 1.26. The van der Waals surface area contributed by atoms with Gasteiger partial charge in [-0.1, -0.05) is 17.7 Å². The van der Waals surface area contributed by atoms with Gasteiger partial charge in [-0.2, -0.15) is 0 Å². The van der Waals surface area contributed by atoms with E-state index < -0.39 is 10.0 Å². The summed E-state index contributed by atoms with van der Waals surface area (Å²) >= 11 is 11.4. The van der Waals surface area contributed by atoms with Crippen LogP contribution in [0.5, 0.6) is 0 Å². The minimum Gasteiger partial charge on any atom is -0.332 e. The molecule has 4 rings (SSSR count). The van der Waals surface area contributed by atoms with E-state index >= 15 is 0 Å². The normalized spacial score (nSPS) is 15.6. The second kappa shape index (κ2) is 9.29. The number of hydrogen-bond acceptors (Lipinski definition) is 3. The molecule has 3 aromatic rings. The zero-order valence-corrected chi connectivity index (χ0v) is 20.5. The van der Waals surface area contributed by atoms with Crippen LogP contribution in [0.25, 0.3) is 0 Å². The number of nitrogens with one attached hydrogen (secondary N) is 2. The van der Waals surface area contributed by atoms with Gasteiger partial charge in [-0.15, -0.1) is 0 Å². The summed E-state index contributed by atoms with van der Waals surface area (Å²) < 4.78 is 42.0. The molecule has 0 fully saturated rings. The van der Waals surface area contributed by atoms with Crippen LogP contribution in [0, 0.1) is 12.7 Å². The van der Waals surface area contributed by atoms with E-state index in [1.54, 1.807) is 24.3 Å². The van der Waals surface area contributed by atoms with Gasteiger partial charge in [0.15, 0.2) is 5.11 Å². The lowest BCUT2D eigenvalue weighted by atomic mass is 9.99. The Hall–Kier alpha value is -2.68. The Morgan fingerprint density at radius 2 is 1.82 bits per heavy atom. The van der Waals surface area contributed by atoms with Crippen molar-refractivity contribution in [2.45, 2.75) is 37.6 Å². The Labute approximate surface area is 203 Å². The standard InChI is InChI=1S/C24H23ClFN3O2S2/c1-15-3-6-18(25)14-22(15)28-24(32)27-20-8-10-21(11-9-20)33(30,31)29-16(2)4-5-17-13-19(26)7-12-23(17)29/h3,6-14,16H,4-5H2,1-2H3,(H2,27,28,32)/t16-/m0/s1. The Morgan fingerprint density at radius 1 is 1.09 bits per heavy atom. The molecule has 9 heteroatoms. The van der Waals surface area contributed by atoms with E-state index in [0.29, 0.717) is 39.9 Å². The fraction of sp³-hybridized carbons (Fsp3) is 0.208. The van der Waals surface area contributed by atoms with Crippen LogP contribution in [-0.4, -0.2) is 19.6 Å². The molecule has 1 aliphatic rings. The smallest absolute Gasteiger partial charge is 0.264 e.